The molecule has 0 spiro atoms. The SMILES string of the molecule is CCn1nc(C)cc1C(=O)Nc1nc2cc(C(N)=O)ccc2n1CCCCn1cnc2cc(OC)ccc21. The quantitative estimate of drug-likeness (QED) is 0.273. The largest absolute Gasteiger partial charge is 0.497 e. The lowest BCUT2D eigenvalue weighted by molar-refractivity contribution is 0.0996. The van der Waals surface area contributed by atoms with Crippen molar-refractivity contribution in [2.45, 2.75) is 46.3 Å². The highest BCUT2D eigenvalue weighted by Crippen LogP contribution is 2.24. The van der Waals surface area contributed by atoms with Crippen LogP contribution in [-0.4, -0.2) is 47.8 Å². The van der Waals surface area contributed by atoms with Crippen LogP contribution in [0.1, 0.15) is 46.3 Å². The molecule has 0 aliphatic heterocycles. The molecule has 0 saturated carbocycles. The second-order valence-electron chi connectivity index (χ2n) is 9.10. The van der Waals surface area contributed by atoms with Crippen molar-refractivity contribution < 1.29 is 14.3 Å². The third-order valence-electron chi connectivity index (χ3n) is 6.55. The number of aryl methyl sites for hydroxylation is 4. The number of rotatable bonds is 10. The summed E-state index contributed by atoms with van der Waals surface area (Å²) >= 11 is 0. The third-order valence-corrected chi connectivity index (χ3v) is 6.55. The second kappa shape index (κ2) is 10.4. The lowest BCUT2D eigenvalue weighted by Crippen LogP contribution is -2.20. The minimum Gasteiger partial charge on any atom is -0.497 e. The Hall–Kier alpha value is -4.67. The Balaban J connectivity index is 1.36. The molecule has 38 heavy (non-hydrogen) atoms. The number of aromatic nitrogens is 6. The van der Waals surface area contributed by atoms with Crippen molar-refractivity contribution >= 4 is 39.8 Å². The Labute approximate surface area is 219 Å². The van der Waals surface area contributed by atoms with E-state index in [4.69, 9.17) is 10.5 Å². The van der Waals surface area contributed by atoms with Crippen LogP contribution in [0.4, 0.5) is 5.95 Å². The molecule has 0 radical (unpaired) electrons. The molecule has 196 valence electrons. The Kier molecular flexibility index (Phi) is 6.82. The maximum atomic E-state index is 13.1. The van der Waals surface area contributed by atoms with E-state index in [0.717, 1.165) is 47.4 Å². The number of amides is 2. The molecule has 2 amide bonds. The van der Waals surface area contributed by atoms with Crippen LogP contribution in [-0.2, 0) is 19.6 Å². The number of unbranched alkanes of at least 4 members (excludes halogenated alkanes) is 1. The summed E-state index contributed by atoms with van der Waals surface area (Å²) in [5, 5.41) is 7.32. The number of anilines is 1. The number of nitrogens with zero attached hydrogens (tertiary/aromatic N) is 6. The van der Waals surface area contributed by atoms with Gasteiger partial charge in [-0.3, -0.25) is 19.6 Å². The van der Waals surface area contributed by atoms with Crippen molar-refractivity contribution in [2.24, 2.45) is 5.73 Å². The van der Waals surface area contributed by atoms with Gasteiger partial charge in [0.2, 0.25) is 11.9 Å². The van der Waals surface area contributed by atoms with Crippen LogP contribution in [0.15, 0.2) is 48.8 Å². The molecule has 5 rings (SSSR count). The smallest absolute Gasteiger partial charge is 0.276 e. The van der Waals surface area contributed by atoms with Crippen LogP contribution in [0.5, 0.6) is 5.75 Å². The zero-order valence-electron chi connectivity index (χ0n) is 21.6. The van der Waals surface area contributed by atoms with E-state index in [1.54, 1.807) is 30.0 Å². The van der Waals surface area contributed by atoms with E-state index in [-0.39, 0.29) is 5.91 Å². The number of carbonyl (C=O) groups is 2. The summed E-state index contributed by atoms with van der Waals surface area (Å²) in [6.07, 6.45) is 3.55. The van der Waals surface area contributed by atoms with Crippen LogP contribution in [0.3, 0.4) is 0 Å². The molecular formula is C27H30N8O3. The Morgan fingerprint density at radius 1 is 1.03 bits per heavy atom. The minimum atomic E-state index is -0.528. The van der Waals surface area contributed by atoms with Gasteiger partial charge in [-0.05, 0) is 63.1 Å². The van der Waals surface area contributed by atoms with Gasteiger partial charge in [0.15, 0.2) is 0 Å². The van der Waals surface area contributed by atoms with Crippen LogP contribution in [0, 0.1) is 6.92 Å². The van der Waals surface area contributed by atoms with Crippen molar-refractivity contribution in [1.82, 2.24) is 28.9 Å². The van der Waals surface area contributed by atoms with E-state index < -0.39 is 5.91 Å². The highest BCUT2D eigenvalue weighted by atomic mass is 16.5. The van der Waals surface area contributed by atoms with Gasteiger partial charge in [0.1, 0.15) is 11.4 Å². The Bertz CT molecular complexity index is 1650. The fourth-order valence-corrected chi connectivity index (χ4v) is 4.64. The van der Waals surface area contributed by atoms with Crippen molar-refractivity contribution in [3.05, 3.63) is 65.7 Å². The van der Waals surface area contributed by atoms with Gasteiger partial charge in [-0.1, -0.05) is 0 Å². The first kappa shape index (κ1) is 25.0. The number of hydrogen-bond acceptors (Lipinski definition) is 6. The number of fused-ring (bicyclic) bond motifs is 2. The third kappa shape index (κ3) is 4.82. The summed E-state index contributed by atoms with van der Waals surface area (Å²) < 4.78 is 11.0. The van der Waals surface area contributed by atoms with E-state index in [9.17, 15) is 9.59 Å². The number of imidazole rings is 2. The zero-order valence-corrected chi connectivity index (χ0v) is 21.6. The summed E-state index contributed by atoms with van der Waals surface area (Å²) in [7, 11) is 1.64. The predicted molar refractivity (Wildman–Crippen MR) is 144 cm³/mol. The monoisotopic (exact) mass is 514 g/mol. The zero-order chi connectivity index (χ0) is 26.8. The number of ether oxygens (including phenoxy) is 1. The van der Waals surface area contributed by atoms with Gasteiger partial charge < -0.3 is 19.6 Å². The van der Waals surface area contributed by atoms with Gasteiger partial charge in [0, 0.05) is 31.3 Å². The molecule has 0 atom stereocenters. The molecule has 11 nitrogen and oxygen atoms in total. The normalized spacial score (nSPS) is 11.3. The lowest BCUT2D eigenvalue weighted by atomic mass is 10.2. The molecule has 2 aromatic carbocycles. The molecule has 11 heteroatoms. The van der Waals surface area contributed by atoms with Gasteiger partial charge in [0.05, 0.1) is 41.2 Å². The average Bonchev–Trinajstić information content (AvgIpc) is 3.60. The first-order valence-corrected chi connectivity index (χ1v) is 12.5. The van der Waals surface area contributed by atoms with Crippen LogP contribution >= 0.6 is 0 Å². The first-order chi connectivity index (χ1) is 18.4. The molecule has 5 aromatic rings. The van der Waals surface area contributed by atoms with E-state index in [0.29, 0.717) is 35.8 Å². The summed E-state index contributed by atoms with van der Waals surface area (Å²) in [5.74, 6) is 0.369. The topological polar surface area (TPSA) is 135 Å². The number of nitrogens with one attached hydrogen (secondary N) is 1. The minimum absolute atomic E-state index is 0.292. The fourth-order valence-electron chi connectivity index (χ4n) is 4.64. The van der Waals surface area contributed by atoms with E-state index in [2.05, 4.69) is 25.0 Å². The summed E-state index contributed by atoms with van der Waals surface area (Å²) in [6.45, 7) is 5.77. The maximum Gasteiger partial charge on any atom is 0.276 e. The first-order valence-electron chi connectivity index (χ1n) is 12.5. The van der Waals surface area contributed by atoms with E-state index >= 15 is 0 Å². The second-order valence-corrected chi connectivity index (χ2v) is 9.10. The van der Waals surface area contributed by atoms with Gasteiger partial charge in [0.25, 0.3) is 5.91 Å². The van der Waals surface area contributed by atoms with Crippen LogP contribution in [0.25, 0.3) is 22.1 Å². The molecular weight excluding hydrogens is 484 g/mol. The number of primary amides is 1. The average molecular weight is 515 g/mol. The predicted octanol–water partition coefficient (Wildman–Crippen LogP) is 3.75. The molecule has 0 saturated heterocycles. The highest BCUT2D eigenvalue weighted by Gasteiger charge is 2.19. The standard InChI is InChI=1S/C27H30N8O3/c1-4-35-24(13-17(2)32-35)26(37)31-27-30-21-14-18(25(28)36)7-9-23(21)34(27)12-6-5-11-33-16-29-20-15-19(38-3)8-10-22(20)33/h7-10,13-16H,4-6,11-12H2,1-3H3,(H2,28,36)(H,30,31,37). The molecule has 0 bridgehead atoms. The fraction of sp³-hybridized carbons (Fsp3) is 0.296. The van der Waals surface area contributed by atoms with Gasteiger partial charge in [-0.25, -0.2) is 9.97 Å². The Morgan fingerprint density at radius 2 is 1.82 bits per heavy atom. The van der Waals surface area contributed by atoms with Crippen LogP contribution in [0.2, 0.25) is 0 Å². The molecule has 3 heterocycles. The molecule has 0 aliphatic rings. The molecule has 0 aliphatic carbocycles. The van der Waals surface area contributed by atoms with Gasteiger partial charge in [-0.2, -0.15) is 5.10 Å². The van der Waals surface area contributed by atoms with Gasteiger partial charge >= 0.3 is 0 Å². The number of hydrogen-bond donors (Lipinski definition) is 2. The number of nitrogens with two attached hydrogens (primary N) is 1. The molecule has 0 unspecified atom stereocenters. The lowest BCUT2D eigenvalue weighted by Gasteiger charge is -2.11. The van der Waals surface area contributed by atoms with Crippen molar-refractivity contribution in [3.63, 3.8) is 0 Å². The van der Waals surface area contributed by atoms with Crippen molar-refractivity contribution in [1.29, 1.82) is 0 Å². The van der Waals surface area contributed by atoms with E-state index in [1.165, 1.54) is 0 Å². The highest BCUT2D eigenvalue weighted by molar-refractivity contribution is 6.03. The number of methoxy groups -OCH3 is 1. The summed E-state index contributed by atoms with van der Waals surface area (Å²) in [6, 6.07) is 12.8. The number of benzene rings is 2. The maximum absolute atomic E-state index is 13.1. The van der Waals surface area contributed by atoms with E-state index in [1.807, 2.05) is 49.0 Å². The molecule has 0 fully saturated rings. The van der Waals surface area contributed by atoms with Crippen molar-refractivity contribution in [2.75, 3.05) is 12.4 Å². The van der Waals surface area contributed by atoms with Gasteiger partial charge in [-0.15, -0.1) is 0 Å². The molecule has 3 aromatic heterocycles. The Morgan fingerprint density at radius 3 is 2.58 bits per heavy atom. The number of carbonyl (C=O) groups excluding carboxylic acids is 2. The summed E-state index contributed by atoms with van der Waals surface area (Å²) in [5.41, 5.74) is 10.4. The molecule has 3 N–H and O–H groups in total. The van der Waals surface area contributed by atoms with Crippen LogP contribution < -0.4 is 15.8 Å². The van der Waals surface area contributed by atoms with Crippen molar-refractivity contribution in [3.8, 4) is 5.75 Å². The summed E-state index contributed by atoms with van der Waals surface area (Å²) in [4.78, 5) is 34.0.